The molecule has 0 radical (unpaired) electrons. The first-order valence-electron chi connectivity index (χ1n) is 14.2. The molecule has 0 N–H and O–H groups in total. The number of nitrogens with zero attached hydrogens (tertiary/aromatic N) is 2. The molecule has 41 heavy (non-hydrogen) atoms. The summed E-state index contributed by atoms with van der Waals surface area (Å²) in [6.07, 6.45) is 0. The molecular weight excluding hydrogens is 516 g/mol. The monoisotopic (exact) mass is 547 g/mol. The van der Waals surface area contributed by atoms with E-state index in [4.69, 9.17) is 18.9 Å². The molecule has 4 heterocycles. The molecule has 2 unspecified atom stereocenters. The Morgan fingerprint density at radius 1 is 0.805 bits per heavy atom. The number of para-hydroxylation sites is 1. The average Bonchev–Trinajstić information content (AvgIpc) is 3.69. The maximum atomic E-state index is 15.4. The normalized spacial score (nSPS) is 23.9. The van der Waals surface area contributed by atoms with Crippen LogP contribution in [0.1, 0.15) is 22.3 Å². The summed E-state index contributed by atoms with van der Waals surface area (Å²) in [5.41, 5.74) is 6.19. The minimum Gasteiger partial charge on any atom is -0.491 e. The van der Waals surface area contributed by atoms with Crippen LogP contribution < -0.4 is 23.6 Å². The van der Waals surface area contributed by atoms with Crippen LogP contribution in [-0.4, -0.2) is 45.6 Å². The molecule has 206 valence electrons. The summed E-state index contributed by atoms with van der Waals surface area (Å²) < 4.78 is 23.3. The molecule has 0 saturated carbocycles. The highest BCUT2D eigenvalue weighted by Gasteiger charge is 2.67. The van der Waals surface area contributed by atoms with Crippen molar-refractivity contribution in [3.8, 4) is 17.2 Å². The zero-order valence-electron chi connectivity index (χ0n) is 23.0. The van der Waals surface area contributed by atoms with Crippen LogP contribution in [0.2, 0.25) is 0 Å². The number of anilines is 1. The van der Waals surface area contributed by atoms with Crippen molar-refractivity contribution < 1.29 is 23.7 Å². The summed E-state index contributed by atoms with van der Waals surface area (Å²) in [5, 5.41) is 0. The van der Waals surface area contributed by atoms with Gasteiger partial charge in [0, 0.05) is 59.7 Å². The summed E-state index contributed by atoms with van der Waals surface area (Å²) in [5.74, 6) is 2.06. The van der Waals surface area contributed by atoms with Gasteiger partial charge >= 0.3 is 5.91 Å². The highest BCUT2D eigenvalue weighted by atomic mass is 16.7. The Bertz CT molecular complexity index is 1660. The third-order valence-electron chi connectivity index (χ3n) is 9.07. The van der Waals surface area contributed by atoms with Crippen LogP contribution in [0.15, 0.2) is 84.9 Å². The molecule has 1 amide bonds. The fourth-order valence-corrected chi connectivity index (χ4v) is 6.97. The third kappa shape index (κ3) is 3.49. The van der Waals surface area contributed by atoms with E-state index in [9.17, 15) is 0 Å². The molecule has 4 aliphatic rings. The Labute approximate surface area is 239 Å². The zero-order valence-corrected chi connectivity index (χ0v) is 23.0. The fourth-order valence-electron chi connectivity index (χ4n) is 6.97. The van der Waals surface area contributed by atoms with Crippen molar-refractivity contribution in [2.45, 2.75) is 18.9 Å². The minimum absolute atomic E-state index is 0.0693. The number of amides is 1. The number of hydrogen-bond donors (Lipinski definition) is 0. The van der Waals surface area contributed by atoms with E-state index in [0.717, 1.165) is 60.1 Å². The van der Waals surface area contributed by atoms with E-state index in [1.165, 1.54) is 5.56 Å². The predicted octanol–water partition coefficient (Wildman–Crippen LogP) is 5.62. The lowest BCUT2D eigenvalue weighted by molar-refractivity contribution is -0.131. The molecule has 4 aliphatic heterocycles. The van der Waals surface area contributed by atoms with Gasteiger partial charge in [-0.2, -0.15) is 4.48 Å². The highest BCUT2D eigenvalue weighted by Crippen LogP contribution is 2.60. The molecule has 7 nitrogen and oxygen atoms in total. The maximum absolute atomic E-state index is 15.4. The topological polar surface area (TPSA) is 57.2 Å². The van der Waals surface area contributed by atoms with Crippen molar-refractivity contribution in [2.75, 3.05) is 44.6 Å². The first-order chi connectivity index (χ1) is 20.1. The van der Waals surface area contributed by atoms with Crippen molar-refractivity contribution in [1.29, 1.82) is 0 Å². The summed E-state index contributed by atoms with van der Waals surface area (Å²) in [4.78, 5) is 17.8. The lowest BCUT2D eigenvalue weighted by Crippen LogP contribution is -2.53. The average molecular weight is 548 g/mol. The number of benzene rings is 4. The molecule has 0 bridgehead atoms. The molecule has 0 aromatic heterocycles. The molecular formula is C34H31N2O5+. The van der Waals surface area contributed by atoms with Gasteiger partial charge in [0.1, 0.15) is 24.6 Å². The summed E-state index contributed by atoms with van der Waals surface area (Å²) in [7, 11) is 0. The highest BCUT2D eigenvalue weighted by molar-refractivity contribution is 6.11. The van der Waals surface area contributed by atoms with Gasteiger partial charge in [-0.3, -0.25) is 0 Å². The van der Waals surface area contributed by atoms with E-state index in [2.05, 4.69) is 72.5 Å². The van der Waals surface area contributed by atoms with E-state index < -0.39 is 5.41 Å². The molecule has 0 aliphatic carbocycles. The van der Waals surface area contributed by atoms with Gasteiger partial charge in [0.05, 0.1) is 13.2 Å². The Kier molecular flexibility index (Phi) is 5.43. The second-order valence-corrected chi connectivity index (χ2v) is 11.3. The molecule has 1 fully saturated rings. The van der Waals surface area contributed by atoms with Gasteiger partial charge in [-0.15, -0.1) is 0 Å². The smallest absolute Gasteiger partial charge is 0.343 e. The Hall–Kier alpha value is -4.33. The second-order valence-electron chi connectivity index (χ2n) is 11.3. The fraction of sp³-hybridized carbons (Fsp3) is 0.265. The molecule has 2 atom stereocenters. The number of morpholine rings is 1. The zero-order chi connectivity index (χ0) is 27.6. The van der Waals surface area contributed by atoms with Crippen LogP contribution in [0.3, 0.4) is 0 Å². The lowest BCUT2D eigenvalue weighted by atomic mass is 9.77. The number of fused-ring (bicyclic) bond motifs is 5. The van der Waals surface area contributed by atoms with Gasteiger partial charge < -0.3 is 23.8 Å². The van der Waals surface area contributed by atoms with Gasteiger partial charge in [0.15, 0.2) is 22.6 Å². The lowest BCUT2D eigenvalue weighted by Gasteiger charge is -2.34. The van der Waals surface area contributed by atoms with Crippen molar-refractivity contribution in [3.05, 3.63) is 107 Å². The van der Waals surface area contributed by atoms with Gasteiger partial charge in [-0.1, -0.05) is 48.0 Å². The van der Waals surface area contributed by atoms with Crippen LogP contribution in [0.25, 0.3) is 0 Å². The summed E-state index contributed by atoms with van der Waals surface area (Å²) in [6, 6.07) is 29.1. The first kappa shape index (κ1) is 24.5. The van der Waals surface area contributed by atoms with Crippen LogP contribution >= 0.6 is 0 Å². The number of carbonyl (C=O) groups is 1. The third-order valence-corrected chi connectivity index (χ3v) is 9.07. The molecule has 8 rings (SSSR count). The minimum atomic E-state index is -0.972. The van der Waals surface area contributed by atoms with Gasteiger partial charge in [-0.25, -0.2) is 4.79 Å². The maximum Gasteiger partial charge on any atom is 0.343 e. The predicted molar refractivity (Wildman–Crippen MR) is 156 cm³/mol. The number of carbonyl (C=O) groups excluding carboxylic acids is 1. The summed E-state index contributed by atoms with van der Waals surface area (Å²) >= 11 is 0. The Balaban J connectivity index is 1.33. The number of hydrogen-bond acceptors (Lipinski definition) is 6. The van der Waals surface area contributed by atoms with Crippen LogP contribution in [0.4, 0.5) is 17.1 Å². The SMILES string of the molecule is Cc1ccc(C[N+]2(c3ccc(N4CCOCC4)cc3)C(=O)C3(COc4cc5c(cc43)OCO5)c3ccccc32)cc1. The number of aryl methyl sites for hydroxylation is 1. The van der Waals surface area contributed by atoms with E-state index >= 15 is 4.79 Å². The first-order valence-corrected chi connectivity index (χ1v) is 14.2. The second kappa shape index (κ2) is 9.09. The molecule has 1 spiro atoms. The molecule has 4 aromatic carbocycles. The molecule has 1 saturated heterocycles. The van der Waals surface area contributed by atoms with E-state index in [1.54, 1.807) is 0 Å². The largest absolute Gasteiger partial charge is 0.491 e. The van der Waals surface area contributed by atoms with Crippen LogP contribution in [0, 0.1) is 6.92 Å². The van der Waals surface area contributed by atoms with E-state index in [0.29, 0.717) is 23.8 Å². The Morgan fingerprint density at radius 3 is 2.32 bits per heavy atom. The summed E-state index contributed by atoms with van der Waals surface area (Å²) in [6.45, 7) is 6.15. The van der Waals surface area contributed by atoms with Crippen LogP contribution in [0.5, 0.6) is 17.2 Å². The van der Waals surface area contributed by atoms with Crippen molar-refractivity contribution in [1.82, 2.24) is 4.48 Å². The van der Waals surface area contributed by atoms with Gasteiger partial charge in [0.2, 0.25) is 6.79 Å². The number of rotatable bonds is 4. The Morgan fingerprint density at radius 2 is 1.54 bits per heavy atom. The van der Waals surface area contributed by atoms with Gasteiger partial charge in [-0.05, 0) is 25.1 Å². The quantitative estimate of drug-likeness (QED) is 0.309. The van der Waals surface area contributed by atoms with E-state index in [1.807, 2.05) is 24.3 Å². The van der Waals surface area contributed by atoms with Gasteiger partial charge in [0.25, 0.3) is 0 Å². The number of quaternary nitrogens is 1. The van der Waals surface area contributed by atoms with Crippen molar-refractivity contribution in [2.24, 2.45) is 0 Å². The molecule has 7 heteroatoms. The van der Waals surface area contributed by atoms with E-state index in [-0.39, 0.29) is 23.8 Å². The van der Waals surface area contributed by atoms with Crippen LogP contribution in [-0.2, 0) is 21.5 Å². The molecule has 4 aromatic rings. The number of ether oxygens (including phenoxy) is 4. The van der Waals surface area contributed by atoms with Crippen molar-refractivity contribution >= 4 is 23.0 Å². The van der Waals surface area contributed by atoms with Crippen molar-refractivity contribution in [3.63, 3.8) is 0 Å². The standard InChI is InChI=1S/C34H31N2O5/c1-23-6-8-24(9-7-23)20-36(26-12-10-25(11-13-26)35-14-16-38-17-15-35)29-5-3-2-4-27(29)34(33(36)37)21-39-30-19-32-31(18-28(30)34)40-22-41-32/h2-13,18-19H,14-17,20-22H2,1H3/q+1.